The maximum absolute atomic E-state index is 5.89. The largest absolute Gasteiger partial charge is 0.490 e. The first-order valence-corrected chi connectivity index (χ1v) is 6.27. The van der Waals surface area contributed by atoms with Gasteiger partial charge in [-0.05, 0) is 32.3 Å². The van der Waals surface area contributed by atoms with Gasteiger partial charge in [-0.3, -0.25) is 0 Å². The minimum Gasteiger partial charge on any atom is -0.490 e. The highest BCUT2D eigenvalue weighted by molar-refractivity contribution is 5.40. The van der Waals surface area contributed by atoms with Crippen LogP contribution in [0.1, 0.15) is 30.9 Å². The van der Waals surface area contributed by atoms with Crippen molar-refractivity contribution in [2.75, 3.05) is 6.61 Å². The number of aryl methyl sites for hydroxylation is 1. The molecule has 0 amide bonds. The summed E-state index contributed by atoms with van der Waals surface area (Å²) < 4.78 is 11.6. The molecule has 2 unspecified atom stereocenters. The van der Waals surface area contributed by atoms with Gasteiger partial charge in [-0.1, -0.05) is 18.2 Å². The second kappa shape index (κ2) is 5.52. The Morgan fingerprint density at radius 1 is 1.41 bits per heavy atom. The number of benzene rings is 1. The molecule has 1 saturated heterocycles. The summed E-state index contributed by atoms with van der Waals surface area (Å²) in [5, 5.41) is 0. The van der Waals surface area contributed by atoms with E-state index in [9.17, 15) is 0 Å². The molecule has 1 heterocycles. The fraction of sp³-hybridized carbons (Fsp3) is 0.571. The lowest BCUT2D eigenvalue weighted by Gasteiger charge is -2.16. The lowest BCUT2D eigenvalue weighted by Crippen LogP contribution is -2.19. The molecule has 3 heteroatoms. The average Bonchev–Trinajstić information content (AvgIpc) is 2.73. The number of rotatable bonds is 4. The molecule has 1 aromatic carbocycles. The van der Waals surface area contributed by atoms with Gasteiger partial charge in [0, 0.05) is 12.1 Å². The predicted octanol–water partition coefficient (Wildman–Crippen LogP) is 2.40. The van der Waals surface area contributed by atoms with Crippen LogP contribution in [0.4, 0.5) is 0 Å². The van der Waals surface area contributed by atoms with Crippen molar-refractivity contribution in [3.8, 4) is 5.75 Å². The van der Waals surface area contributed by atoms with Gasteiger partial charge < -0.3 is 15.2 Å². The quantitative estimate of drug-likeness (QED) is 0.871. The van der Waals surface area contributed by atoms with Crippen LogP contribution in [0, 0.1) is 6.92 Å². The van der Waals surface area contributed by atoms with Crippen LogP contribution in [0.2, 0.25) is 0 Å². The van der Waals surface area contributed by atoms with Crippen LogP contribution in [0.15, 0.2) is 18.2 Å². The van der Waals surface area contributed by atoms with Crippen molar-refractivity contribution >= 4 is 0 Å². The third kappa shape index (κ3) is 2.99. The van der Waals surface area contributed by atoms with E-state index in [2.05, 4.69) is 6.92 Å². The van der Waals surface area contributed by atoms with E-state index in [1.807, 2.05) is 25.1 Å². The Labute approximate surface area is 103 Å². The lowest BCUT2D eigenvalue weighted by atomic mass is 10.1. The van der Waals surface area contributed by atoms with Crippen molar-refractivity contribution in [3.63, 3.8) is 0 Å². The molecular formula is C14H21NO2. The second-order valence-electron chi connectivity index (χ2n) is 4.72. The summed E-state index contributed by atoms with van der Waals surface area (Å²) in [4.78, 5) is 0. The molecule has 1 aliphatic rings. The molecule has 1 aliphatic heterocycles. The van der Waals surface area contributed by atoms with Gasteiger partial charge in [0.1, 0.15) is 12.4 Å². The van der Waals surface area contributed by atoms with Gasteiger partial charge in [-0.25, -0.2) is 0 Å². The van der Waals surface area contributed by atoms with Gasteiger partial charge in [0.05, 0.1) is 12.2 Å². The molecule has 0 saturated carbocycles. The molecule has 0 aromatic heterocycles. The third-order valence-corrected chi connectivity index (χ3v) is 3.25. The summed E-state index contributed by atoms with van der Waals surface area (Å²) in [6.07, 6.45) is 2.82. The number of para-hydroxylation sites is 1. The maximum Gasteiger partial charge on any atom is 0.126 e. The summed E-state index contributed by atoms with van der Waals surface area (Å²) in [7, 11) is 0. The molecular weight excluding hydrogens is 214 g/mol. The van der Waals surface area contributed by atoms with Crippen LogP contribution >= 0.6 is 0 Å². The van der Waals surface area contributed by atoms with E-state index >= 15 is 0 Å². The number of nitrogens with two attached hydrogens (primary N) is 1. The van der Waals surface area contributed by atoms with Crippen LogP contribution in [0.25, 0.3) is 0 Å². The summed E-state index contributed by atoms with van der Waals surface area (Å²) in [6, 6.07) is 6.08. The summed E-state index contributed by atoms with van der Waals surface area (Å²) >= 11 is 0. The second-order valence-corrected chi connectivity index (χ2v) is 4.72. The Balaban J connectivity index is 1.98. The fourth-order valence-corrected chi connectivity index (χ4v) is 2.26. The van der Waals surface area contributed by atoms with Crippen LogP contribution in [-0.2, 0) is 11.3 Å². The smallest absolute Gasteiger partial charge is 0.126 e. The molecule has 2 N–H and O–H groups in total. The van der Waals surface area contributed by atoms with E-state index in [1.54, 1.807) is 0 Å². The predicted molar refractivity (Wildman–Crippen MR) is 68.1 cm³/mol. The van der Waals surface area contributed by atoms with Gasteiger partial charge in [0.25, 0.3) is 0 Å². The van der Waals surface area contributed by atoms with E-state index < -0.39 is 0 Å². The van der Waals surface area contributed by atoms with Crippen LogP contribution in [0.5, 0.6) is 5.75 Å². The standard InChI is InChI=1S/C14H21NO2/c1-10-4-3-5-12(8-15)14(10)16-9-13-7-6-11(2)17-13/h3-5,11,13H,6-9,15H2,1-2H3. The van der Waals surface area contributed by atoms with Crippen LogP contribution < -0.4 is 10.5 Å². The third-order valence-electron chi connectivity index (χ3n) is 3.25. The van der Waals surface area contributed by atoms with E-state index in [4.69, 9.17) is 15.2 Å². The Hall–Kier alpha value is -1.06. The van der Waals surface area contributed by atoms with Gasteiger partial charge >= 0.3 is 0 Å². The molecule has 0 aliphatic carbocycles. The zero-order chi connectivity index (χ0) is 12.3. The Morgan fingerprint density at radius 3 is 2.88 bits per heavy atom. The first kappa shape index (κ1) is 12.4. The molecule has 1 aromatic rings. The van der Waals surface area contributed by atoms with Crippen molar-refractivity contribution in [1.82, 2.24) is 0 Å². The van der Waals surface area contributed by atoms with E-state index in [-0.39, 0.29) is 6.10 Å². The van der Waals surface area contributed by atoms with Crippen molar-refractivity contribution < 1.29 is 9.47 Å². The van der Waals surface area contributed by atoms with E-state index in [0.717, 1.165) is 29.7 Å². The molecule has 0 bridgehead atoms. The van der Waals surface area contributed by atoms with Crippen LogP contribution in [0.3, 0.4) is 0 Å². The highest BCUT2D eigenvalue weighted by Gasteiger charge is 2.22. The lowest BCUT2D eigenvalue weighted by molar-refractivity contribution is 0.0261. The number of hydrogen-bond acceptors (Lipinski definition) is 3. The zero-order valence-corrected chi connectivity index (χ0v) is 10.6. The molecule has 3 nitrogen and oxygen atoms in total. The topological polar surface area (TPSA) is 44.5 Å². The van der Waals surface area contributed by atoms with E-state index in [1.165, 1.54) is 0 Å². The molecule has 0 spiro atoms. The van der Waals surface area contributed by atoms with Gasteiger partial charge in [0.2, 0.25) is 0 Å². The zero-order valence-electron chi connectivity index (χ0n) is 10.6. The minimum atomic E-state index is 0.232. The average molecular weight is 235 g/mol. The van der Waals surface area contributed by atoms with Crippen molar-refractivity contribution in [2.24, 2.45) is 5.73 Å². The van der Waals surface area contributed by atoms with Gasteiger partial charge in [-0.2, -0.15) is 0 Å². The molecule has 94 valence electrons. The van der Waals surface area contributed by atoms with Crippen LogP contribution in [-0.4, -0.2) is 18.8 Å². The Bertz CT molecular complexity index is 378. The molecule has 1 fully saturated rings. The SMILES string of the molecule is Cc1cccc(CN)c1OCC1CCC(C)O1. The van der Waals surface area contributed by atoms with Gasteiger partial charge in [-0.15, -0.1) is 0 Å². The number of ether oxygens (including phenoxy) is 2. The highest BCUT2D eigenvalue weighted by Crippen LogP contribution is 2.25. The first-order valence-electron chi connectivity index (χ1n) is 6.27. The monoisotopic (exact) mass is 235 g/mol. The maximum atomic E-state index is 5.89. The fourth-order valence-electron chi connectivity index (χ4n) is 2.26. The molecule has 17 heavy (non-hydrogen) atoms. The molecule has 2 rings (SSSR count). The molecule has 0 radical (unpaired) electrons. The van der Waals surface area contributed by atoms with E-state index in [0.29, 0.717) is 19.3 Å². The van der Waals surface area contributed by atoms with Crippen molar-refractivity contribution in [1.29, 1.82) is 0 Å². The minimum absolute atomic E-state index is 0.232. The first-order chi connectivity index (χ1) is 8.20. The highest BCUT2D eigenvalue weighted by atomic mass is 16.5. The molecule has 2 atom stereocenters. The summed E-state index contributed by atoms with van der Waals surface area (Å²) in [5.74, 6) is 0.929. The Morgan fingerprint density at radius 2 is 2.24 bits per heavy atom. The van der Waals surface area contributed by atoms with Crippen molar-refractivity contribution in [2.45, 2.75) is 45.4 Å². The Kier molecular flexibility index (Phi) is 4.02. The number of hydrogen-bond donors (Lipinski definition) is 1. The summed E-state index contributed by atoms with van der Waals surface area (Å²) in [5.41, 5.74) is 7.92. The summed E-state index contributed by atoms with van der Waals surface area (Å²) in [6.45, 7) is 5.30. The normalized spacial score (nSPS) is 23.9. The van der Waals surface area contributed by atoms with Crippen molar-refractivity contribution in [3.05, 3.63) is 29.3 Å². The van der Waals surface area contributed by atoms with Gasteiger partial charge in [0.15, 0.2) is 0 Å².